The molecule has 2 aliphatic rings. The number of halogens is 3. The molecule has 0 bridgehead atoms. The molecule has 10 nitrogen and oxygen atoms in total. The molecular formula is C22H26F3N5O5. The number of fused-ring (bicyclic) bond motifs is 1. The van der Waals surface area contributed by atoms with Crippen LogP contribution in [0.15, 0.2) is 17.1 Å². The van der Waals surface area contributed by atoms with Gasteiger partial charge in [-0.25, -0.2) is 0 Å². The van der Waals surface area contributed by atoms with Gasteiger partial charge in [-0.15, -0.1) is 0 Å². The molecule has 0 radical (unpaired) electrons. The fraction of sp³-hybridized carbons (Fsp3) is 0.545. The third-order valence-electron chi connectivity index (χ3n) is 5.75. The average molecular weight is 497 g/mol. The van der Waals surface area contributed by atoms with Gasteiger partial charge >= 0.3 is 6.18 Å². The predicted octanol–water partition coefficient (Wildman–Crippen LogP) is 1.55. The normalized spacial score (nSPS) is 19.1. The molecule has 1 aliphatic heterocycles. The maximum Gasteiger partial charge on any atom is 0.416 e. The Labute approximate surface area is 198 Å². The molecule has 4 rings (SSSR count). The second-order valence-corrected chi connectivity index (χ2v) is 9.11. The Balaban J connectivity index is 1.68. The Morgan fingerprint density at radius 3 is 2.69 bits per heavy atom. The van der Waals surface area contributed by atoms with Gasteiger partial charge in [-0.1, -0.05) is 13.8 Å². The van der Waals surface area contributed by atoms with E-state index in [0.717, 1.165) is 28.3 Å². The standard InChI is InChI=1S/C22H26F3N5O5/c1-12(2)10-29-19-13(3-6-16(31)28-7-8-35-15(11-28)22(23,24)25)9-26-30(19)21(34)17(20(29)33)18(32)27-14-4-5-14/h3,6,9,12,14-15,34H,4-5,7-8,10-11H2,1-2H3,(H,27,32)/b6-3+/t15-/m0/s1. The molecule has 2 aromatic rings. The smallest absolute Gasteiger partial charge is 0.416 e. The van der Waals surface area contributed by atoms with E-state index in [1.165, 1.54) is 16.8 Å². The first kappa shape index (κ1) is 24.8. The maximum atomic E-state index is 13.2. The van der Waals surface area contributed by atoms with Crippen molar-refractivity contribution in [2.45, 2.75) is 51.6 Å². The lowest BCUT2D eigenvalue weighted by atomic mass is 10.2. The Hall–Kier alpha value is -3.35. The largest absolute Gasteiger partial charge is 0.492 e. The predicted molar refractivity (Wildman–Crippen MR) is 118 cm³/mol. The van der Waals surface area contributed by atoms with Crippen molar-refractivity contribution in [3.63, 3.8) is 0 Å². The average Bonchev–Trinajstić information content (AvgIpc) is 3.49. The number of hydrogen-bond acceptors (Lipinski definition) is 6. The van der Waals surface area contributed by atoms with Gasteiger partial charge < -0.3 is 20.1 Å². The molecule has 1 atom stereocenters. The fourth-order valence-corrected chi connectivity index (χ4v) is 3.86. The van der Waals surface area contributed by atoms with Crippen molar-refractivity contribution in [2.75, 3.05) is 19.7 Å². The molecule has 190 valence electrons. The molecule has 1 aliphatic carbocycles. The summed E-state index contributed by atoms with van der Waals surface area (Å²) in [5.74, 6) is -2.00. The van der Waals surface area contributed by atoms with Crippen LogP contribution in [0.1, 0.15) is 42.6 Å². The summed E-state index contributed by atoms with van der Waals surface area (Å²) in [5, 5.41) is 17.5. The molecule has 1 saturated carbocycles. The molecule has 2 fully saturated rings. The van der Waals surface area contributed by atoms with Crippen molar-refractivity contribution >= 4 is 23.5 Å². The lowest BCUT2D eigenvalue weighted by Gasteiger charge is -2.33. The molecule has 0 spiro atoms. The van der Waals surface area contributed by atoms with E-state index in [-0.39, 0.29) is 42.9 Å². The van der Waals surface area contributed by atoms with E-state index in [2.05, 4.69) is 10.4 Å². The highest BCUT2D eigenvalue weighted by Gasteiger charge is 2.44. The van der Waals surface area contributed by atoms with Crippen molar-refractivity contribution in [3.8, 4) is 5.88 Å². The third-order valence-corrected chi connectivity index (χ3v) is 5.75. The summed E-state index contributed by atoms with van der Waals surface area (Å²) >= 11 is 0. The highest BCUT2D eigenvalue weighted by molar-refractivity contribution is 5.97. The number of morpholine rings is 1. The number of aromatic nitrogens is 3. The number of amides is 2. The Morgan fingerprint density at radius 1 is 1.34 bits per heavy atom. The number of rotatable bonds is 6. The monoisotopic (exact) mass is 497 g/mol. The van der Waals surface area contributed by atoms with E-state index in [0.29, 0.717) is 0 Å². The van der Waals surface area contributed by atoms with Crippen LogP contribution in [0.4, 0.5) is 13.2 Å². The van der Waals surface area contributed by atoms with Crippen molar-refractivity contribution < 1.29 is 32.6 Å². The van der Waals surface area contributed by atoms with Crippen LogP contribution in [0.3, 0.4) is 0 Å². The van der Waals surface area contributed by atoms with Crippen LogP contribution in [-0.2, 0) is 16.1 Å². The molecule has 3 heterocycles. The van der Waals surface area contributed by atoms with Crippen molar-refractivity contribution in [2.24, 2.45) is 5.92 Å². The van der Waals surface area contributed by atoms with Crippen LogP contribution in [0, 0.1) is 5.92 Å². The first-order valence-corrected chi connectivity index (χ1v) is 11.3. The van der Waals surface area contributed by atoms with E-state index in [9.17, 15) is 32.7 Å². The lowest BCUT2D eigenvalue weighted by Crippen LogP contribution is -2.50. The molecule has 13 heteroatoms. The van der Waals surface area contributed by atoms with Gasteiger partial charge in [0.25, 0.3) is 11.5 Å². The summed E-state index contributed by atoms with van der Waals surface area (Å²) in [6.45, 7) is 3.06. The molecule has 1 saturated heterocycles. The minimum Gasteiger partial charge on any atom is -0.492 e. The summed E-state index contributed by atoms with van der Waals surface area (Å²) in [6, 6.07) is -0.0326. The molecule has 2 amide bonds. The number of hydrogen-bond donors (Lipinski definition) is 2. The number of ether oxygens (including phenoxy) is 1. The lowest BCUT2D eigenvalue weighted by molar-refractivity contribution is -0.235. The van der Waals surface area contributed by atoms with Crippen LogP contribution in [0.2, 0.25) is 0 Å². The topological polar surface area (TPSA) is 118 Å². The summed E-state index contributed by atoms with van der Waals surface area (Å²) in [5.41, 5.74) is -0.694. The number of carbonyl (C=O) groups is 2. The van der Waals surface area contributed by atoms with Crippen molar-refractivity contribution in [3.05, 3.63) is 33.8 Å². The fourth-order valence-electron chi connectivity index (χ4n) is 3.86. The maximum absolute atomic E-state index is 13.2. The second kappa shape index (κ2) is 9.36. The van der Waals surface area contributed by atoms with E-state index >= 15 is 0 Å². The zero-order chi connectivity index (χ0) is 25.5. The second-order valence-electron chi connectivity index (χ2n) is 9.11. The van der Waals surface area contributed by atoms with E-state index in [1.54, 1.807) is 0 Å². The number of aromatic hydroxyl groups is 1. The number of nitrogens with one attached hydrogen (secondary N) is 1. The summed E-state index contributed by atoms with van der Waals surface area (Å²) < 4.78 is 46.0. The van der Waals surface area contributed by atoms with E-state index in [1.807, 2.05) is 13.8 Å². The van der Waals surface area contributed by atoms with Gasteiger partial charge in [0.15, 0.2) is 11.7 Å². The van der Waals surface area contributed by atoms with Crippen molar-refractivity contribution in [1.82, 2.24) is 24.4 Å². The van der Waals surface area contributed by atoms with Gasteiger partial charge in [0.05, 0.1) is 19.3 Å². The molecule has 0 unspecified atom stereocenters. The van der Waals surface area contributed by atoms with Crippen LogP contribution < -0.4 is 10.9 Å². The minimum atomic E-state index is -4.58. The van der Waals surface area contributed by atoms with E-state index < -0.39 is 47.6 Å². The van der Waals surface area contributed by atoms with Crippen LogP contribution in [-0.4, -0.2) is 74.0 Å². The van der Waals surface area contributed by atoms with Gasteiger partial charge in [-0.2, -0.15) is 22.8 Å². The first-order valence-electron chi connectivity index (χ1n) is 11.3. The van der Waals surface area contributed by atoms with Crippen molar-refractivity contribution in [1.29, 1.82) is 0 Å². The minimum absolute atomic E-state index is 0.00280. The van der Waals surface area contributed by atoms with Crippen LogP contribution in [0.25, 0.3) is 11.7 Å². The number of nitrogens with zero attached hydrogens (tertiary/aromatic N) is 4. The quantitative estimate of drug-likeness (QED) is 0.585. The summed E-state index contributed by atoms with van der Waals surface area (Å²) in [6.07, 6.45) is -1.33. The molecule has 2 N–H and O–H groups in total. The van der Waals surface area contributed by atoms with Gasteiger partial charge in [-0.05, 0) is 24.8 Å². The Bertz CT molecular complexity index is 1230. The van der Waals surface area contributed by atoms with E-state index in [4.69, 9.17) is 4.74 Å². The van der Waals surface area contributed by atoms with Gasteiger partial charge in [0.2, 0.25) is 11.8 Å². The highest BCUT2D eigenvalue weighted by atomic mass is 19.4. The highest BCUT2D eigenvalue weighted by Crippen LogP contribution is 2.26. The Kier molecular flexibility index (Phi) is 6.62. The first-order chi connectivity index (χ1) is 16.5. The van der Waals surface area contributed by atoms with Gasteiger partial charge in [-0.3, -0.25) is 19.0 Å². The SMILES string of the molecule is CC(C)Cn1c(=O)c(C(=O)NC2CC2)c(O)n2ncc(/C=C/C(=O)N3CCO[C@H](C(F)(F)F)C3)c12. The molecule has 2 aromatic heterocycles. The van der Waals surface area contributed by atoms with Gasteiger partial charge in [0.1, 0.15) is 5.65 Å². The number of alkyl halides is 3. The molecule has 35 heavy (non-hydrogen) atoms. The Morgan fingerprint density at radius 2 is 2.06 bits per heavy atom. The zero-order valence-electron chi connectivity index (χ0n) is 19.2. The zero-order valence-corrected chi connectivity index (χ0v) is 19.2. The molecule has 0 aromatic carbocycles. The van der Waals surface area contributed by atoms with Crippen LogP contribution >= 0.6 is 0 Å². The van der Waals surface area contributed by atoms with Crippen LogP contribution in [0.5, 0.6) is 5.88 Å². The summed E-state index contributed by atoms with van der Waals surface area (Å²) in [7, 11) is 0. The third kappa shape index (κ3) is 5.19. The number of carbonyl (C=O) groups excluding carboxylic acids is 2. The molecular weight excluding hydrogens is 471 g/mol. The summed E-state index contributed by atoms with van der Waals surface area (Å²) in [4.78, 5) is 39.5. The van der Waals surface area contributed by atoms with Gasteiger partial charge in [0, 0.05) is 30.8 Å².